The predicted octanol–water partition coefficient (Wildman–Crippen LogP) is -0.212. The Hall–Kier alpha value is -0.610. The van der Waals surface area contributed by atoms with Gasteiger partial charge in [0.25, 0.3) is 0 Å². The second-order valence-electron chi connectivity index (χ2n) is 2.57. The van der Waals surface area contributed by atoms with Gasteiger partial charge in [-0.25, -0.2) is 0 Å². The van der Waals surface area contributed by atoms with Crippen molar-refractivity contribution in [3.63, 3.8) is 0 Å². The fourth-order valence-electron chi connectivity index (χ4n) is 0.837. The molecule has 0 fully saturated rings. The number of nitrogens with one attached hydrogen (secondary N) is 1. The van der Waals surface area contributed by atoms with E-state index in [1.807, 2.05) is 0 Å². The fourth-order valence-corrected chi connectivity index (χ4v) is 0.837. The lowest BCUT2D eigenvalue weighted by Gasteiger charge is -2.09. The minimum atomic E-state index is -0.839. The van der Waals surface area contributed by atoms with E-state index in [2.05, 4.69) is 12.2 Å². The highest BCUT2D eigenvalue weighted by Crippen LogP contribution is 1.90. The topological polar surface area (TPSA) is 75.3 Å². The number of rotatable bonds is 6. The van der Waals surface area contributed by atoms with Gasteiger partial charge in [0.1, 0.15) is 0 Å². The largest absolute Gasteiger partial charge is 0.480 e. The van der Waals surface area contributed by atoms with E-state index in [9.17, 15) is 4.79 Å². The predicted molar refractivity (Wildman–Crippen MR) is 43.4 cm³/mol. The highest BCUT2D eigenvalue weighted by atomic mass is 16.4. The molecule has 0 amide bonds. The van der Waals surface area contributed by atoms with Crippen LogP contribution in [0.5, 0.6) is 0 Å². The first-order valence-corrected chi connectivity index (χ1v) is 3.85. The van der Waals surface area contributed by atoms with Crippen LogP contribution < -0.4 is 11.1 Å². The van der Waals surface area contributed by atoms with Crippen molar-refractivity contribution >= 4 is 5.97 Å². The molecule has 66 valence electrons. The number of carbonyl (C=O) groups is 1. The molecule has 0 radical (unpaired) electrons. The third-order valence-corrected chi connectivity index (χ3v) is 1.34. The number of hydrogen-bond acceptors (Lipinski definition) is 3. The van der Waals surface area contributed by atoms with Crippen LogP contribution in [-0.4, -0.2) is 30.2 Å². The van der Waals surface area contributed by atoms with Gasteiger partial charge in [0.15, 0.2) is 0 Å². The molecule has 1 atom stereocenters. The quantitative estimate of drug-likeness (QED) is 0.502. The number of nitrogens with two attached hydrogens (primary N) is 1. The molecule has 0 saturated carbocycles. The van der Waals surface area contributed by atoms with E-state index in [0.717, 1.165) is 12.8 Å². The molecule has 1 unspecified atom stereocenters. The lowest BCUT2D eigenvalue weighted by molar-refractivity contribution is -0.135. The summed E-state index contributed by atoms with van der Waals surface area (Å²) in [7, 11) is 0. The lowest BCUT2D eigenvalue weighted by atomic mass is 10.2. The highest BCUT2D eigenvalue weighted by molar-refractivity contribution is 5.68. The second-order valence-corrected chi connectivity index (χ2v) is 2.57. The van der Waals surface area contributed by atoms with Crippen molar-refractivity contribution in [1.82, 2.24) is 5.32 Å². The smallest absolute Gasteiger partial charge is 0.317 e. The molecule has 4 nitrogen and oxygen atoms in total. The van der Waals surface area contributed by atoms with E-state index in [-0.39, 0.29) is 12.6 Å². The summed E-state index contributed by atoms with van der Waals surface area (Å²) in [6.45, 7) is 2.63. The van der Waals surface area contributed by atoms with E-state index in [1.54, 1.807) is 0 Å². The van der Waals surface area contributed by atoms with Crippen molar-refractivity contribution in [3.05, 3.63) is 0 Å². The van der Waals surface area contributed by atoms with Crippen LogP contribution in [0.2, 0.25) is 0 Å². The molecule has 0 aliphatic heterocycles. The summed E-state index contributed by atoms with van der Waals surface area (Å²) in [5.41, 5.74) is 5.61. The van der Waals surface area contributed by atoms with Gasteiger partial charge in [-0.3, -0.25) is 4.79 Å². The van der Waals surface area contributed by atoms with Crippen LogP contribution >= 0.6 is 0 Å². The molecule has 11 heavy (non-hydrogen) atoms. The van der Waals surface area contributed by atoms with Crippen molar-refractivity contribution in [2.24, 2.45) is 5.73 Å². The van der Waals surface area contributed by atoms with E-state index in [0.29, 0.717) is 6.54 Å². The first kappa shape index (κ1) is 10.4. The summed E-state index contributed by atoms with van der Waals surface area (Å²) < 4.78 is 0. The van der Waals surface area contributed by atoms with Crippen LogP contribution in [-0.2, 0) is 4.79 Å². The van der Waals surface area contributed by atoms with Crippen molar-refractivity contribution < 1.29 is 9.90 Å². The van der Waals surface area contributed by atoms with E-state index in [1.165, 1.54) is 0 Å². The van der Waals surface area contributed by atoms with Gasteiger partial charge in [-0.1, -0.05) is 13.3 Å². The molecule has 4 heteroatoms. The summed E-state index contributed by atoms with van der Waals surface area (Å²) in [6.07, 6.45) is 1.97. The normalized spacial score (nSPS) is 12.9. The summed E-state index contributed by atoms with van der Waals surface area (Å²) >= 11 is 0. The lowest BCUT2D eigenvalue weighted by Crippen LogP contribution is -2.36. The minimum absolute atomic E-state index is 0.00257. The van der Waals surface area contributed by atoms with Crippen LogP contribution in [0.25, 0.3) is 0 Å². The molecule has 0 spiro atoms. The van der Waals surface area contributed by atoms with Crippen LogP contribution in [0.3, 0.4) is 0 Å². The molecule has 0 aliphatic rings. The Morgan fingerprint density at radius 2 is 2.36 bits per heavy atom. The molecule has 0 aromatic carbocycles. The maximum Gasteiger partial charge on any atom is 0.317 e. The molecule has 0 rings (SSSR count). The molecule has 0 aromatic rings. The second kappa shape index (κ2) is 6.12. The van der Waals surface area contributed by atoms with Crippen LogP contribution in [0.4, 0.5) is 0 Å². The summed E-state index contributed by atoms with van der Waals surface area (Å²) in [6, 6.07) is 0.0827. The van der Waals surface area contributed by atoms with Crippen LogP contribution in [0.15, 0.2) is 0 Å². The van der Waals surface area contributed by atoms with Crippen LogP contribution in [0.1, 0.15) is 19.8 Å². The molecular formula is C7H16N2O2. The Balaban J connectivity index is 3.16. The first-order chi connectivity index (χ1) is 5.16. The molecule has 4 N–H and O–H groups in total. The molecule has 0 saturated heterocycles. The van der Waals surface area contributed by atoms with Gasteiger partial charge in [-0.05, 0) is 6.42 Å². The monoisotopic (exact) mass is 160 g/mol. The number of carboxylic acid groups (broad SMARTS) is 1. The Bertz CT molecular complexity index is 117. The Kier molecular flexibility index (Phi) is 5.78. The van der Waals surface area contributed by atoms with E-state index < -0.39 is 5.97 Å². The zero-order valence-corrected chi connectivity index (χ0v) is 6.84. The van der Waals surface area contributed by atoms with Crippen molar-refractivity contribution in [2.75, 3.05) is 13.1 Å². The zero-order chi connectivity index (χ0) is 8.69. The minimum Gasteiger partial charge on any atom is -0.480 e. The van der Waals surface area contributed by atoms with Gasteiger partial charge in [0.05, 0.1) is 6.54 Å². The molecule has 0 heterocycles. The fraction of sp³-hybridized carbons (Fsp3) is 0.857. The van der Waals surface area contributed by atoms with Gasteiger partial charge in [-0.2, -0.15) is 0 Å². The van der Waals surface area contributed by atoms with E-state index >= 15 is 0 Å². The van der Waals surface area contributed by atoms with Crippen molar-refractivity contribution in [2.45, 2.75) is 25.8 Å². The van der Waals surface area contributed by atoms with Gasteiger partial charge in [0, 0.05) is 12.6 Å². The number of hydrogen-bond donors (Lipinski definition) is 3. The average molecular weight is 160 g/mol. The highest BCUT2D eigenvalue weighted by Gasteiger charge is 2.00. The van der Waals surface area contributed by atoms with Crippen molar-refractivity contribution in [3.8, 4) is 0 Å². The zero-order valence-electron chi connectivity index (χ0n) is 6.84. The van der Waals surface area contributed by atoms with Gasteiger partial charge >= 0.3 is 5.97 Å². The van der Waals surface area contributed by atoms with Crippen LogP contribution in [0, 0.1) is 0 Å². The number of aliphatic carboxylic acids is 1. The Morgan fingerprint density at radius 1 is 1.73 bits per heavy atom. The SMILES string of the molecule is CCCC(N)CNCC(=O)O. The Morgan fingerprint density at radius 3 is 2.82 bits per heavy atom. The van der Waals surface area contributed by atoms with E-state index in [4.69, 9.17) is 10.8 Å². The summed E-state index contributed by atoms with van der Waals surface area (Å²) in [5, 5.41) is 11.0. The molecular weight excluding hydrogens is 144 g/mol. The molecule has 0 bridgehead atoms. The molecule has 0 aromatic heterocycles. The summed E-state index contributed by atoms with van der Waals surface area (Å²) in [4.78, 5) is 10.0. The standard InChI is InChI=1S/C7H16N2O2/c1-2-3-6(8)4-9-5-7(10)11/h6,9H,2-5,8H2,1H3,(H,10,11). The summed E-state index contributed by atoms with van der Waals surface area (Å²) in [5.74, 6) is -0.839. The third-order valence-electron chi connectivity index (χ3n) is 1.34. The first-order valence-electron chi connectivity index (χ1n) is 3.85. The van der Waals surface area contributed by atoms with Gasteiger partial charge in [0.2, 0.25) is 0 Å². The maximum atomic E-state index is 10.0. The third kappa shape index (κ3) is 7.29. The van der Waals surface area contributed by atoms with Crippen molar-refractivity contribution in [1.29, 1.82) is 0 Å². The van der Waals surface area contributed by atoms with Gasteiger partial charge < -0.3 is 16.2 Å². The maximum absolute atomic E-state index is 10.0. The average Bonchev–Trinajstić information content (AvgIpc) is 1.87. The number of carboxylic acids is 1. The van der Waals surface area contributed by atoms with Gasteiger partial charge in [-0.15, -0.1) is 0 Å². The molecule has 0 aliphatic carbocycles. The Labute approximate surface area is 66.8 Å².